The van der Waals surface area contributed by atoms with Crippen molar-refractivity contribution in [1.82, 2.24) is 4.90 Å². The molecule has 1 heterocycles. The average molecular weight is 344 g/mol. The molecule has 1 atom stereocenters. The molecule has 1 aliphatic rings. The van der Waals surface area contributed by atoms with Crippen molar-refractivity contribution < 1.29 is 4.79 Å². The predicted octanol–water partition coefficient (Wildman–Crippen LogP) is 5.25. The summed E-state index contributed by atoms with van der Waals surface area (Å²) in [5.74, 6) is 0.141. The molecular formula is C23H24N2O. The monoisotopic (exact) mass is 344 g/mol. The summed E-state index contributed by atoms with van der Waals surface area (Å²) in [6, 6.07) is 22.8. The molecule has 0 radical (unpaired) electrons. The van der Waals surface area contributed by atoms with Crippen LogP contribution in [-0.4, -0.2) is 23.9 Å². The molecule has 3 aromatic carbocycles. The maximum absolute atomic E-state index is 13.3. The summed E-state index contributed by atoms with van der Waals surface area (Å²) < 4.78 is 0. The van der Waals surface area contributed by atoms with Gasteiger partial charge in [0.15, 0.2) is 0 Å². The van der Waals surface area contributed by atoms with Gasteiger partial charge in [0.1, 0.15) is 0 Å². The van der Waals surface area contributed by atoms with E-state index in [0.29, 0.717) is 0 Å². The van der Waals surface area contributed by atoms with Crippen molar-refractivity contribution >= 4 is 22.4 Å². The molecule has 1 fully saturated rings. The SMILES string of the molecule is CC(Nc1ccc2ccccc2c1C(=O)N1CCCC1)c1ccccc1. The number of fused-ring (bicyclic) bond motifs is 1. The van der Waals surface area contributed by atoms with Crippen LogP contribution in [0.5, 0.6) is 0 Å². The number of hydrogen-bond acceptors (Lipinski definition) is 2. The minimum atomic E-state index is 0.127. The van der Waals surface area contributed by atoms with E-state index in [9.17, 15) is 4.79 Å². The Balaban J connectivity index is 1.76. The lowest BCUT2D eigenvalue weighted by molar-refractivity contribution is 0.0795. The van der Waals surface area contributed by atoms with E-state index in [2.05, 4.69) is 42.6 Å². The van der Waals surface area contributed by atoms with Crippen molar-refractivity contribution in [2.24, 2.45) is 0 Å². The van der Waals surface area contributed by atoms with Crippen LogP contribution in [0.4, 0.5) is 5.69 Å². The van der Waals surface area contributed by atoms with Gasteiger partial charge in [0, 0.05) is 24.8 Å². The maximum atomic E-state index is 13.3. The Hall–Kier alpha value is -2.81. The fraction of sp³-hybridized carbons (Fsp3) is 0.261. The van der Waals surface area contributed by atoms with Crippen molar-refractivity contribution in [3.05, 3.63) is 77.9 Å². The van der Waals surface area contributed by atoms with Crippen molar-refractivity contribution in [1.29, 1.82) is 0 Å². The first-order chi connectivity index (χ1) is 12.7. The van der Waals surface area contributed by atoms with Gasteiger partial charge >= 0.3 is 0 Å². The molecule has 1 amide bonds. The number of nitrogens with zero attached hydrogens (tertiary/aromatic N) is 1. The van der Waals surface area contributed by atoms with E-state index in [1.54, 1.807) is 0 Å². The summed E-state index contributed by atoms with van der Waals surface area (Å²) in [5, 5.41) is 5.70. The van der Waals surface area contributed by atoms with Gasteiger partial charge in [-0.15, -0.1) is 0 Å². The van der Waals surface area contributed by atoms with Gasteiger partial charge in [0.2, 0.25) is 0 Å². The zero-order valence-corrected chi connectivity index (χ0v) is 15.1. The van der Waals surface area contributed by atoms with Crippen LogP contribution in [0.2, 0.25) is 0 Å². The number of anilines is 1. The van der Waals surface area contributed by atoms with Gasteiger partial charge in [-0.3, -0.25) is 4.79 Å². The molecule has 1 N–H and O–H groups in total. The van der Waals surface area contributed by atoms with Crippen molar-refractivity contribution in [3.63, 3.8) is 0 Å². The Bertz CT molecular complexity index is 914. The lowest BCUT2D eigenvalue weighted by Crippen LogP contribution is -2.28. The first kappa shape index (κ1) is 16.6. The van der Waals surface area contributed by atoms with Crippen LogP contribution in [0, 0.1) is 0 Å². The van der Waals surface area contributed by atoms with Crippen LogP contribution < -0.4 is 5.32 Å². The van der Waals surface area contributed by atoms with E-state index in [-0.39, 0.29) is 11.9 Å². The summed E-state index contributed by atoms with van der Waals surface area (Å²) in [5.41, 5.74) is 2.92. The Labute approximate surface area is 154 Å². The first-order valence-electron chi connectivity index (χ1n) is 9.36. The highest BCUT2D eigenvalue weighted by Crippen LogP contribution is 2.31. The molecule has 0 aliphatic carbocycles. The normalized spacial score (nSPS) is 15.2. The number of carbonyl (C=O) groups excluding carboxylic acids is 1. The molecule has 3 heteroatoms. The van der Waals surface area contributed by atoms with E-state index in [4.69, 9.17) is 0 Å². The zero-order valence-electron chi connectivity index (χ0n) is 15.1. The topological polar surface area (TPSA) is 32.3 Å². The van der Waals surface area contributed by atoms with Crippen molar-refractivity contribution in [2.75, 3.05) is 18.4 Å². The molecule has 132 valence electrons. The number of benzene rings is 3. The van der Waals surface area contributed by atoms with Gasteiger partial charge in [0.25, 0.3) is 5.91 Å². The largest absolute Gasteiger partial charge is 0.378 e. The third-order valence-corrected chi connectivity index (χ3v) is 5.21. The van der Waals surface area contributed by atoms with Crippen LogP contribution in [0.3, 0.4) is 0 Å². The van der Waals surface area contributed by atoms with Gasteiger partial charge in [-0.2, -0.15) is 0 Å². The summed E-state index contributed by atoms with van der Waals surface area (Å²) >= 11 is 0. The third-order valence-electron chi connectivity index (χ3n) is 5.21. The van der Waals surface area contributed by atoms with Crippen molar-refractivity contribution in [3.8, 4) is 0 Å². The fourth-order valence-electron chi connectivity index (χ4n) is 3.76. The Morgan fingerprint density at radius 3 is 2.38 bits per heavy atom. The van der Waals surface area contributed by atoms with E-state index in [0.717, 1.165) is 48.0 Å². The van der Waals surface area contributed by atoms with Gasteiger partial charge in [0.05, 0.1) is 5.56 Å². The lowest BCUT2D eigenvalue weighted by Gasteiger charge is -2.23. The maximum Gasteiger partial charge on any atom is 0.256 e. The lowest BCUT2D eigenvalue weighted by atomic mass is 10.00. The highest BCUT2D eigenvalue weighted by atomic mass is 16.2. The molecule has 0 bridgehead atoms. The molecule has 4 rings (SSSR count). The van der Waals surface area contributed by atoms with Crippen LogP contribution in [0.15, 0.2) is 66.7 Å². The third kappa shape index (κ3) is 3.17. The summed E-state index contributed by atoms with van der Waals surface area (Å²) in [7, 11) is 0. The van der Waals surface area contributed by atoms with Gasteiger partial charge < -0.3 is 10.2 Å². The van der Waals surface area contributed by atoms with Crippen LogP contribution >= 0.6 is 0 Å². The molecule has 26 heavy (non-hydrogen) atoms. The van der Waals surface area contributed by atoms with Crippen molar-refractivity contribution in [2.45, 2.75) is 25.8 Å². The molecule has 0 spiro atoms. The molecule has 3 nitrogen and oxygen atoms in total. The van der Waals surface area contributed by atoms with Gasteiger partial charge in [-0.05, 0) is 42.2 Å². The second-order valence-electron chi connectivity index (χ2n) is 6.99. The number of nitrogens with one attached hydrogen (secondary N) is 1. The summed E-state index contributed by atoms with van der Waals surface area (Å²) in [6.07, 6.45) is 2.19. The Morgan fingerprint density at radius 2 is 1.62 bits per heavy atom. The average Bonchev–Trinajstić information content (AvgIpc) is 3.23. The molecule has 1 aliphatic heterocycles. The first-order valence-corrected chi connectivity index (χ1v) is 9.36. The van der Waals surface area contributed by atoms with E-state index < -0.39 is 0 Å². The predicted molar refractivity (Wildman–Crippen MR) is 108 cm³/mol. The van der Waals surface area contributed by atoms with Crippen LogP contribution in [-0.2, 0) is 0 Å². The highest BCUT2D eigenvalue weighted by Gasteiger charge is 2.24. The quantitative estimate of drug-likeness (QED) is 0.701. The summed E-state index contributed by atoms with van der Waals surface area (Å²) in [4.78, 5) is 15.3. The van der Waals surface area contributed by atoms with E-state index in [1.807, 2.05) is 41.3 Å². The highest BCUT2D eigenvalue weighted by molar-refractivity contribution is 6.11. The summed E-state index contributed by atoms with van der Waals surface area (Å²) in [6.45, 7) is 3.85. The van der Waals surface area contributed by atoms with Gasteiger partial charge in [-0.25, -0.2) is 0 Å². The van der Waals surface area contributed by atoms with E-state index in [1.165, 1.54) is 5.56 Å². The number of carbonyl (C=O) groups is 1. The van der Waals surface area contributed by atoms with Crippen LogP contribution in [0.1, 0.15) is 41.7 Å². The molecule has 0 saturated carbocycles. The second-order valence-corrected chi connectivity index (χ2v) is 6.99. The molecular weight excluding hydrogens is 320 g/mol. The molecule has 1 saturated heterocycles. The van der Waals surface area contributed by atoms with E-state index >= 15 is 0 Å². The minimum Gasteiger partial charge on any atom is -0.378 e. The van der Waals surface area contributed by atoms with Crippen LogP contribution in [0.25, 0.3) is 10.8 Å². The molecule has 0 aromatic heterocycles. The fourth-order valence-corrected chi connectivity index (χ4v) is 3.76. The zero-order chi connectivity index (χ0) is 17.9. The Kier molecular flexibility index (Phi) is 4.61. The standard InChI is InChI=1S/C23H24N2O/c1-17(18-9-3-2-4-10-18)24-21-14-13-19-11-5-6-12-20(19)22(21)23(26)25-15-7-8-16-25/h2-6,9-14,17,24H,7-8,15-16H2,1H3. The molecule has 1 unspecified atom stereocenters. The number of likely N-dealkylation sites (tertiary alicyclic amines) is 1. The van der Waals surface area contributed by atoms with Gasteiger partial charge in [-0.1, -0.05) is 60.7 Å². The Morgan fingerprint density at radius 1 is 0.923 bits per heavy atom. The number of hydrogen-bond donors (Lipinski definition) is 1. The molecule has 3 aromatic rings. The second kappa shape index (κ2) is 7.20. The number of amides is 1. The minimum absolute atomic E-state index is 0.127. The smallest absolute Gasteiger partial charge is 0.256 e. The number of rotatable bonds is 4.